The SMILES string of the molecule is CCCCCCCCCCC/C=C/CC/C=C/CC/C=C/C(O)C(CO)NC(=O)CC(O)CCCCCCCCCCCCCCCCCCCCC. The summed E-state index contributed by atoms with van der Waals surface area (Å²) in [5.74, 6) is -0.327. The van der Waals surface area contributed by atoms with Gasteiger partial charge in [-0.3, -0.25) is 4.79 Å². The Labute approximate surface area is 330 Å². The topological polar surface area (TPSA) is 89.8 Å². The Morgan fingerprint density at radius 1 is 0.472 bits per heavy atom. The number of carbonyl (C=O) groups is 1. The molecule has 53 heavy (non-hydrogen) atoms. The minimum atomic E-state index is -0.958. The molecule has 0 heterocycles. The lowest BCUT2D eigenvalue weighted by atomic mass is 10.0. The Kier molecular flexibility index (Phi) is 42.1. The molecule has 4 N–H and O–H groups in total. The third-order valence-electron chi connectivity index (χ3n) is 10.7. The third kappa shape index (κ3) is 40.1. The molecule has 0 aliphatic heterocycles. The lowest BCUT2D eigenvalue weighted by Crippen LogP contribution is -2.45. The van der Waals surface area contributed by atoms with Crippen LogP contribution in [0.2, 0.25) is 0 Å². The molecule has 3 unspecified atom stereocenters. The predicted octanol–water partition coefficient (Wildman–Crippen LogP) is 13.5. The fraction of sp³-hybridized carbons (Fsp3) is 0.854. The summed E-state index contributed by atoms with van der Waals surface area (Å²) in [5, 5.41) is 33.2. The molecular formula is C48H91NO4. The van der Waals surface area contributed by atoms with E-state index >= 15 is 0 Å². The first-order valence-corrected chi connectivity index (χ1v) is 23.3. The van der Waals surface area contributed by atoms with Crippen LogP contribution < -0.4 is 5.32 Å². The van der Waals surface area contributed by atoms with Gasteiger partial charge in [0.1, 0.15) is 0 Å². The number of rotatable bonds is 42. The molecule has 3 atom stereocenters. The predicted molar refractivity (Wildman–Crippen MR) is 231 cm³/mol. The molecule has 5 heteroatoms. The molecule has 5 nitrogen and oxygen atoms in total. The van der Waals surface area contributed by atoms with Gasteiger partial charge in [-0.15, -0.1) is 0 Å². The minimum Gasteiger partial charge on any atom is -0.394 e. The molecule has 0 aliphatic carbocycles. The summed E-state index contributed by atoms with van der Waals surface area (Å²) >= 11 is 0. The molecule has 0 bridgehead atoms. The van der Waals surface area contributed by atoms with Crippen molar-refractivity contribution >= 4 is 5.91 Å². The van der Waals surface area contributed by atoms with Crippen LogP contribution in [0.1, 0.15) is 239 Å². The highest BCUT2D eigenvalue weighted by molar-refractivity contribution is 5.76. The van der Waals surface area contributed by atoms with Crippen LogP contribution in [0.5, 0.6) is 0 Å². The minimum absolute atomic E-state index is 0.00518. The number of nitrogens with one attached hydrogen (secondary N) is 1. The first-order valence-electron chi connectivity index (χ1n) is 23.3. The summed E-state index contributed by atoms with van der Waals surface area (Å²) in [5.41, 5.74) is 0. The fourth-order valence-corrected chi connectivity index (χ4v) is 7.08. The van der Waals surface area contributed by atoms with Gasteiger partial charge in [-0.2, -0.15) is 0 Å². The largest absolute Gasteiger partial charge is 0.394 e. The zero-order valence-corrected chi connectivity index (χ0v) is 35.4. The maximum atomic E-state index is 12.4. The zero-order chi connectivity index (χ0) is 38.7. The van der Waals surface area contributed by atoms with Crippen LogP contribution >= 0.6 is 0 Å². The number of amides is 1. The maximum Gasteiger partial charge on any atom is 0.222 e. The molecule has 1 amide bonds. The molecule has 0 saturated heterocycles. The van der Waals surface area contributed by atoms with Crippen LogP contribution in [0.3, 0.4) is 0 Å². The Morgan fingerprint density at radius 2 is 0.811 bits per heavy atom. The second kappa shape index (κ2) is 43.3. The summed E-state index contributed by atoms with van der Waals surface area (Å²) in [7, 11) is 0. The number of carbonyl (C=O) groups excluding carboxylic acids is 1. The van der Waals surface area contributed by atoms with Gasteiger partial charge in [0.25, 0.3) is 0 Å². The highest BCUT2D eigenvalue weighted by Crippen LogP contribution is 2.16. The highest BCUT2D eigenvalue weighted by Gasteiger charge is 2.20. The van der Waals surface area contributed by atoms with Crippen LogP contribution in [0, 0.1) is 0 Å². The quantitative estimate of drug-likeness (QED) is 0.0370. The van der Waals surface area contributed by atoms with E-state index < -0.39 is 18.2 Å². The van der Waals surface area contributed by atoms with E-state index in [0.29, 0.717) is 6.42 Å². The smallest absolute Gasteiger partial charge is 0.222 e. The van der Waals surface area contributed by atoms with E-state index in [1.807, 2.05) is 6.08 Å². The van der Waals surface area contributed by atoms with E-state index in [1.54, 1.807) is 6.08 Å². The van der Waals surface area contributed by atoms with E-state index in [-0.39, 0.29) is 18.9 Å². The van der Waals surface area contributed by atoms with Crippen LogP contribution in [0.25, 0.3) is 0 Å². The molecule has 0 aromatic rings. The van der Waals surface area contributed by atoms with E-state index in [0.717, 1.165) is 38.5 Å². The van der Waals surface area contributed by atoms with Crippen LogP contribution in [-0.4, -0.2) is 46.1 Å². The summed E-state index contributed by atoms with van der Waals surface area (Å²) < 4.78 is 0. The highest BCUT2D eigenvalue weighted by atomic mass is 16.3. The molecule has 0 aromatic heterocycles. The van der Waals surface area contributed by atoms with Crippen LogP contribution in [0.4, 0.5) is 0 Å². The number of allylic oxidation sites excluding steroid dienone is 5. The van der Waals surface area contributed by atoms with Crippen molar-refractivity contribution < 1.29 is 20.1 Å². The van der Waals surface area contributed by atoms with Crippen molar-refractivity contribution in [3.05, 3.63) is 36.5 Å². The van der Waals surface area contributed by atoms with Gasteiger partial charge in [-0.25, -0.2) is 0 Å². The number of hydrogen-bond donors (Lipinski definition) is 4. The summed E-state index contributed by atoms with van der Waals surface area (Å²) in [6.45, 7) is 4.21. The molecule has 0 spiro atoms. The third-order valence-corrected chi connectivity index (χ3v) is 10.7. The summed E-state index contributed by atoms with van der Waals surface area (Å²) in [4.78, 5) is 12.4. The molecular weight excluding hydrogens is 655 g/mol. The van der Waals surface area contributed by atoms with Crippen molar-refractivity contribution in [1.29, 1.82) is 0 Å². The van der Waals surface area contributed by atoms with Crippen molar-refractivity contribution in [2.24, 2.45) is 0 Å². The molecule has 0 fully saturated rings. The van der Waals surface area contributed by atoms with Crippen LogP contribution in [0.15, 0.2) is 36.5 Å². The molecule has 0 radical (unpaired) electrons. The first-order chi connectivity index (χ1) is 26.0. The van der Waals surface area contributed by atoms with E-state index in [4.69, 9.17) is 0 Å². The number of aliphatic hydroxyl groups excluding tert-OH is 3. The van der Waals surface area contributed by atoms with Gasteiger partial charge in [-0.1, -0.05) is 224 Å². The number of hydrogen-bond acceptors (Lipinski definition) is 4. The van der Waals surface area contributed by atoms with Crippen molar-refractivity contribution in [3.63, 3.8) is 0 Å². The molecule has 0 rings (SSSR count). The van der Waals surface area contributed by atoms with Crippen molar-refractivity contribution in [1.82, 2.24) is 5.32 Å². The standard InChI is InChI=1S/C48H91NO4/c1-3-5-7-9-11-13-15-17-19-21-23-25-27-29-31-33-35-37-39-41-45(51)43-48(53)49-46(44-50)47(52)42-40-38-36-34-32-30-28-26-24-22-20-18-16-14-12-10-8-6-4-2/h24,26,32,34,40,42,45-47,50-52H,3-23,25,27-31,33,35-39,41,43-44H2,1-2H3,(H,49,53)/b26-24+,34-32+,42-40+. The molecule has 0 aliphatic rings. The normalized spacial score (nSPS) is 13.8. The van der Waals surface area contributed by atoms with E-state index in [1.165, 1.54) is 173 Å². The average molecular weight is 746 g/mol. The Bertz CT molecular complexity index is 824. The zero-order valence-electron chi connectivity index (χ0n) is 35.4. The Morgan fingerprint density at radius 3 is 1.21 bits per heavy atom. The Hall–Kier alpha value is -1.43. The van der Waals surface area contributed by atoms with Crippen LogP contribution in [-0.2, 0) is 4.79 Å². The lowest BCUT2D eigenvalue weighted by molar-refractivity contribution is -0.124. The second-order valence-electron chi connectivity index (χ2n) is 16.0. The summed E-state index contributed by atoms with van der Waals surface area (Å²) in [6, 6.07) is -0.765. The van der Waals surface area contributed by atoms with E-state index in [9.17, 15) is 20.1 Å². The Balaban J connectivity index is 3.70. The fourth-order valence-electron chi connectivity index (χ4n) is 7.08. The second-order valence-corrected chi connectivity index (χ2v) is 16.0. The van der Waals surface area contributed by atoms with Crippen molar-refractivity contribution in [3.8, 4) is 0 Å². The van der Waals surface area contributed by atoms with Gasteiger partial charge < -0.3 is 20.6 Å². The molecule has 312 valence electrons. The molecule has 0 saturated carbocycles. The van der Waals surface area contributed by atoms with Gasteiger partial charge in [0.15, 0.2) is 0 Å². The number of aliphatic hydroxyl groups is 3. The summed E-state index contributed by atoms with van der Waals surface area (Å²) in [6.07, 6.45) is 54.4. The van der Waals surface area contributed by atoms with Gasteiger partial charge in [-0.05, 0) is 44.9 Å². The maximum absolute atomic E-state index is 12.4. The first kappa shape index (κ1) is 51.6. The van der Waals surface area contributed by atoms with Crippen molar-refractivity contribution in [2.45, 2.75) is 257 Å². The van der Waals surface area contributed by atoms with Gasteiger partial charge >= 0.3 is 0 Å². The van der Waals surface area contributed by atoms with E-state index in [2.05, 4.69) is 43.5 Å². The number of unbranched alkanes of at least 4 members (excludes halogenated alkanes) is 29. The monoisotopic (exact) mass is 746 g/mol. The lowest BCUT2D eigenvalue weighted by Gasteiger charge is -2.21. The molecule has 0 aromatic carbocycles. The van der Waals surface area contributed by atoms with Crippen molar-refractivity contribution in [2.75, 3.05) is 6.61 Å². The van der Waals surface area contributed by atoms with Gasteiger partial charge in [0, 0.05) is 0 Å². The average Bonchev–Trinajstić information content (AvgIpc) is 3.15. The van der Waals surface area contributed by atoms with Gasteiger partial charge in [0.05, 0.1) is 31.3 Å². The van der Waals surface area contributed by atoms with Gasteiger partial charge in [0.2, 0.25) is 5.91 Å².